The Morgan fingerprint density at radius 2 is 1.96 bits per heavy atom. The van der Waals surface area contributed by atoms with Crippen LogP contribution in [-0.4, -0.2) is 35.6 Å². The molecule has 0 amide bonds. The average molecular weight is 378 g/mol. The summed E-state index contributed by atoms with van der Waals surface area (Å²) in [6.07, 6.45) is 0.190. The molecule has 0 radical (unpaired) electrons. The number of benzene rings is 1. The summed E-state index contributed by atoms with van der Waals surface area (Å²) in [4.78, 5) is 27.9. The van der Waals surface area contributed by atoms with Crippen molar-refractivity contribution in [3.63, 3.8) is 0 Å². The molecule has 6 nitrogen and oxygen atoms in total. The van der Waals surface area contributed by atoms with Crippen LogP contribution in [-0.2, 0) is 16.0 Å². The number of hydrogen-bond acceptors (Lipinski definition) is 6. The minimum atomic E-state index is -0.461. The highest BCUT2D eigenvalue weighted by Crippen LogP contribution is 2.29. The predicted molar refractivity (Wildman–Crippen MR) is 96.9 cm³/mol. The van der Waals surface area contributed by atoms with Gasteiger partial charge in [0.25, 0.3) is 0 Å². The molecular formula is C19H20ClNO5. The summed E-state index contributed by atoms with van der Waals surface area (Å²) in [7, 11) is 1.55. The lowest BCUT2D eigenvalue weighted by Gasteiger charge is -2.11. The van der Waals surface area contributed by atoms with Crippen molar-refractivity contribution >= 4 is 23.4 Å². The van der Waals surface area contributed by atoms with Crippen LogP contribution >= 0.6 is 11.6 Å². The Morgan fingerprint density at radius 1 is 1.19 bits per heavy atom. The first kappa shape index (κ1) is 19.7. The fraction of sp³-hybridized carbons (Fsp3) is 0.316. The van der Waals surface area contributed by atoms with Crippen LogP contribution in [0.5, 0.6) is 11.5 Å². The molecule has 0 saturated carbocycles. The van der Waals surface area contributed by atoms with Gasteiger partial charge in [-0.3, -0.25) is 9.59 Å². The number of carbonyl (C=O) groups excluding carboxylic acids is 2. The lowest BCUT2D eigenvalue weighted by molar-refractivity contribution is -0.143. The molecule has 0 bridgehead atoms. The van der Waals surface area contributed by atoms with E-state index in [9.17, 15) is 14.7 Å². The van der Waals surface area contributed by atoms with E-state index in [1.54, 1.807) is 38.3 Å². The van der Waals surface area contributed by atoms with Crippen LogP contribution in [0.1, 0.15) is 41.5 Å². The maximum atomic E-state index is 12.3. The van der Waals surface area contributed by atoms with E-state index in [1.165, 1.54) is 6.07 Å². The molecule has 2 rings (SSSR count). The van der Waals surface area contributed by atoms with Gasteiger partial charge in [0.1, 0.15) is 17.2 Å². The number of aromatic hydroxyl groups is 1. The smallest absolute Gasteiger partial charge is 0.306 e. The molecule has 26 heavy (non-hydrogen) atoms. The largest absolute Gasteiger partial charge is 0.506 e. The van der Waals surface area contributed by atoms with E-state index in [4.69, 9.17) is 21.1 Å². The Morgan fingerprint density at radius 3 is 2.65 bits per heavy atom. The maximum Gasteiger partial charge on any atom is 0.306 e. The van der Waals surface area contributed by atoms with E-state index in [0.29, 0.717) is 22.9 Å². The van der Waals surface area contributed by atoms with Gasteiger partial charge in [0.15, 0.2) is 5.78 Å². The van der Waals surface area contributed by atoms with Gasteiger partial charge in [-0.1, -0.05) is 17.7 Å². The van der Waals surface area contributed by atoms with Crippen LogP contribution in [0.4, 0.5) is 0 Å². The zero-order valence-corrected chi connectivity index (χ0v) is 15.4. The van der Waals surface area contributed by atoms with Gasteiger partial charge in [-0.15, -0.1) is 0 Å². The number of aromatic nitrogens is 1. The second-order valence-corrected chi connectivity index (χ2v) is 5.90. The lowest BCUT2D eigenvalue weighted by Crippen LogP contribution is -2.10. The third-order valence-electron chi connectivity index (χ3n) is 3.71. The molecule has 0 aliphatic rings. The molecule has 138 valence electrons. The number of esters is 1. The summed E-state index contributed by atoms with van der Waals surface area (Å²) in [5, 5.41) is 10.5. The molecule has 0 aliphatic heterocycles. The van der Waals surface area contributed by atoms with Crippen molar-refractivity contribution in [1.29, 1.82) is 0 Å². The number of pyridine rings is 1. The topological polar surface area (TPSA) is 85.7 Å². The highest BCUT2D eigenvalue weighted by atomic mass is 35.5. The highest BCUT2D eigenvalue weighted by molar-refractivity contribution is 6.31. The molecule has 0 saturated heterocycles. The Hall–Kier alpha value is -2.60. The van der Waals surface area contributed by atoms with Gasteiger partial charge in [-0.05, 0) is 31.2 Å². The minimum absolute atomic E-state index is 0.0592. The molecule has 2 aromatic rings. The Labute approximate surface area is 156 Å². The van der Waals surface area contributed by atoms with Gasteiger partial charge in [-0.2, -0.15) is 0 Å². The number of nitrogens with zero attached hydrogens (tertiary/aromatic N) is 1. The molecule has 1 aromatic heterocycles. The molecule has 0 unspecified atom stereocenters. The van der Waals surface area contributed by atoms with Crippen LogP contribution < -0.4 is 4.74 Å². The SMILES string of the molecule is CCOC(=O)CCC(=O)c1nc(Cc2c(Cl)cccc2OC)ccc1O. The molecular weight excluding hydrogens is 358 g/mol. The average Bonchev–Trinajstić information content (AvgIpc) is 2.63. The molecule has 0 spiro atoms. The molecule has 7 heteroatoms. The van der Waals surface area contributed by atoms with Gasteiger partial charge in [0, 0.05) is 29.1 Å². The zero-order valence-electron chi connectivity index (χ0n) is 14.6. The van der Waals surface area contributed by atoms with E-state index >= 15 is 0 Å². The summed E-state index contributed by atoms with van der Waals surface area (Å²) < 4.78 is 10.1. The fourth-order valence-electron chi connectivity index (χ4n) is 2.45. The third-order valence-corrected chi connectivity index (χ3v) is 4.07. The number of methoxy groups -OCH3 is 1. The van der Waals surface area contributed by atoms with Crippen LogP contribution in [0.15, 0.2) is 30.3 Å². The van der Waals surface area contributed by atoms with Crippen molar-refractivity contribution in [2.24, 2.45) is 0 Å². The van der Waals surface area contributed by atoms with Crippen molar-refractivity contribution in [1.82, 2.24) is 4.98 Å². The highest BCUT2D eigenvalue weighted by Gasteiger charge is 2.17. The van der Waals surface area contributed by atoms with Gasteiger partial charge >= 0.3 is 5.97 Å². The first-order valence-electron chi connectivity index (χ1n) is 8.15. The third kappa shape index (κ3) is 4.95. The van der Waals surface area contributed by atoms with E-state index in [0.717, 1.165) is 5.56 Å². The number of ketones is 1. The normalized spacial score (nSPS) is 10.4. The number of carbonyl (C=O) groups is 2. The molecule has 1 N–H and O–H groups in total. The Balaban J connectivity index is 2.19. The van der Waals surface area contributed by atoms with Crippen molar-refractivity contribution in [3.05, 3.63) is 52.3 Å². The van der Waals surface area contributed by atoms with E-state index in [2.05, 4.69) is 4.98 Å². The van der Waals surface area contributed by atoms with Gasteiger partial charge in [0.05, 0.1) is 20.1 Å². The molecule has 1 heterocycles. The number of ether oxygens (including phenoxy) is 2. The summed E-state index contributed by atoms with van der Waals surface area (Å²) in [6.45, 7) is 1.95. The van der Waals surface area contributed by atoms with Crippen LogP contribution in [0.2, 0.25) is 5.02 Å². The second kappa shape index (κ2) is 9.20. The fourth-order valence-corrected chi connectivity index (χ4v) is 2.68. The van der Waals surface area contributed by atoms with Crippen molar-refractivity contribution in [2.75, 3.05) is 13.7 Å². The first-order chi connectivity index (χ1) is 12.5. The molecule has 0 fully saturated rings. The summed E-state index contributed by atoms with van der Waals surface area (Å²) in [5.74, 6) is -0.503. The number of halogens is 1. The van der Waals surface area contributed by atoms with Crippen molar-refractivity contribution in [2.45, 2.75) is 26.2 Å². The summed E-state index contributed by atoms with van der Waals surface area (Å²) in [6, 6.07) is 8.32. The maximum absolute atomic E-state index is 12.3. The monoisotopic (exact) mass is 377 g/mol. The molecule has 1 aromatic carbocycles. The standard InChI is InChI=1S/C19H20ClNO5/c1-3-26-18(24)10-9-16(23)19-15(22)8-7-12(21-19)11-13-14(20)5-4-6-17(13)25-2/h4-8,22H,3,9-11H2,1-2H3. The quantitative estimate of drug-likeness (QED) is 0.559. The van der Waals surface area contributed by atoms with Crippen LogP contribution in [0.25, 0.3) is 0 Å². The van der Waals surface area contributed by atoms with Gasteiger partial charge in [0.2, 0.25) is 0 Å². The molecule has 0 atom stereocenters. The molecule has 0 aliphatic carbocycles. The Bertz CT molecular complexity index is 807. The van der Waals surface area contributed by atoms with Gasteiger partial charge in [-0.25, -0.2) is 4.98 Å². The first-order valence-corrected chi connectivity index (χ1v) is 8.53. The number of Topliss-reactive ketones (excluding diaryl/α,β-unsaturated/α-hetero) is 1. The number of hydrogen-bond donors (Lipinski definition) is 1. The van der Waals surface area contributed by atoms with Crippen molar-refractivity contribution in [3.8, 4) is 11.5 Å². The second-order valence-electron chi connectivity index (χ2n) is 5.50. The van der Waals surface area contributed by atoms with Crippen molar-refractivity contribution < 1.29 is 24.2 Å². The van der Waals surface area contributed by atoms with E-state index in [1.807, 2.05) is 0 Å². The van der Waals surface area contributed by atoms with E-state index < -0.39 is 11.8 Å². The number of rotatable bonds is 8. The zero-order chi connectivity index (χ0) is 19.1. The summed E-state index contributed by atoms with van der Waals surface area (Å²) >= 11 is 6.23. The summed E-state index contributed by atoms with van der Waals surface area (Å²) in [5.41, 5.74) is 1.21. The van der Waals surface area contributed by atoms with E-state index in [-0.39, 0.29) is 30.9 Å². The van der Waals surface area contributed by atoms with Crippen LogP contribution in [0.3, 0.4) is 0 Å². The minimum Gasteiger partial charge on any atom is -0.506 e. The van der Waals surface area contributed by atoms with Crippen LogP contribution in [0, 0.1) is 0 Å². The Kier molecular flexibility index (Phi) is 6.97. The van der Waals surface area contributed by atoms with Gasteiger partial charge < -0.3 is 14.6 Å². The predicted octanol–water partition coefficient (Wildman–Crippen LogP) is 3.57. The lowest BCUT2D eigenvalue weighted by atomic mass is 10.1.